The molecule has 2 heterocycles. The van der Waals surface area contributed by atoms with Gasteiger partial charge in [0.25, 0.3) is 0 Å². The number of nitriles is 1. The smallest absolute Gasteiger partial charge is 0.133 e. The molecule has 0 atom stereocenters. The molecule has 0 radical (unpaired) electrons. The van der Waals surface area contributed by atoms with E-state index in [-0.39, 0.29) is 5.82 Å². The molecule has 35 heavy (non-hydrogen) atoms. The number of fused-ring (bicyclic) bond motifs is 6. The quantitative estimate of drug-likeness (QED) is 0.312. The predicted octanol–water partition coefficient (Wildman–Crippen LogP) is 6.09. The summed E-state index contributed by atoms with van der Waals surface area (Å²) in [5, 5.41) is 14.7. The van der Waals surface area contributed by atoms with Gasteiger partial charge in [-0.25, -0.2) is 4.39 Å². The van der Waals surface area contributed by atoms with E-state index in [0.717, 1.165) is 62.1 Å². The summed E-state index contributed by atoms with van der Waals surface area (Å²) in [6.07, 6.45) is 6.23. The van der Waals surface area contributed by atoms with Crippen LogP contribution in [0.15, 0.2) is 84.9 Å². The Kier molecular flexibility index (Phi) is 4.21. The maximum Gasteiger partial charge on any atom is 0.133 e. The van der Waals surface area contributed by atoms with Crippen LogP contribution in [0.3, 0.4) is 0 Å². The zero-order valence-electron chi connectivity index (χ0n) is 18.9. The summed E-state index contributed by atoms with van der Waals surface area (Å²) in [6.45, 7) is 0. The van der Waals surface area contributed by atoms with Crippen molar-refractivity contribution < 1.29 is 4.39 Å². The first-order valence-electron chi connectivity index (χ1n) is 11.8. The van der Waals surface area contributed by atoms with Gasteiger partial charge in [0.15, 0.2) is 0 Å². The van der Waals surface area contributed by atoms with Gasteiger partial charge in [-0.15, -0.1) is 0 Å². The fraction of sp³-hybridized carbons (Fsp3) is 0.0645. The van der Waals surface area contributed by atoms with Gasteiger partial charge >= 0.3 is 0 Å². The molecule has 7 rings (SSSR count). The molecule has 0 amide bonds. The predicted molar refractivity (Wildman–Crippen MR) is 140 cm³/mol. The summed E-state index contributed by atoms with van der Waals surface area (Å²) in [5.41, 5.74) is 5.45. The van der Waals surface area contributed by atoms with Crippen LogP contribution >= 0.6 is 0 Å². The second kappa shape index (κ2) is 7.44. The van der Waals surface area contributed by atoms with Gasteiger partial charge in [0.1, 0.15) is 11.9 Å². The van der Waals surface area contributed by atoms with Crippen molar-refractivity contribution in [3.63, 3.8) is 0 Å². The number of nitrogens with zero attached hydrogens (tertiary/aromatic N) is 3. The second-order valence-corrected chi connectivity index (χ2v) is 8.94. The molecule has 0 fully saturated rings. The number of rotatable bonds is 2. The fourth-order valence-electron chi connectivity index (χ4n) is 5.60. The third kappa shape index (κ3) is 2.76. The molecular weight excluding hydrogens is 433 g/mol. The molecule has 0 saturated carbocycles. The average Bonchev–Trinajstić information content (AvgIpc) is 3.42. The third-order valence-corrected chi connectivity index (χ3v) is 7.05. The van der Waals surface area contributed by atoms with Gasteiger partial charge < -0.3 is 9.13 Å². The summed E-state index contributed by atoms with van der Waals surface area (Å²) in [4.78, 5) is 0. The zero-order valence-corrected chi connectivity index (χ0v) is 18.9. The van der Waals surface area contributed by atoms with Crippen LogP contribution in [0, 0.1) is 17.1 Å². The van der Waals surface area contributed by atoms with Crippen molar-refractivity contribution in [2.24, 2.45) is 0 Å². The van der Waals surface area contributed by atoms with Crippen molar-refractivity contribution in [3.8, 4) is 17.4 Å². The van der Waals surface area contributed by atoms with E-state index in [2.05, 4.69) is 57.7 Å². The van der Waals surface area contributed by atoms with E-state index < -0.39 is 0 Å². The standard InChI is InChI=1S/C31H20FN3/c32-25-11-7-15-30-31(25)23-10-3-6-14-28(23)34(30)21-16-17-29-24(18-21)22-9-2-5-13-27(22)35(29)26-12-4-1-8-20(26)19-33/h1-2,4-5,7-18H,3,6H2. The molecule has 2 aromatic heterocycles. The van der Waals surface area contributed by atoms with Crippen molar-refractivity contribution in [2.45, 2.75) is 12.8 Å². The highest BCUT2D eigenvalue weighted by molar-refractivity contribution is 6.10. The summed E-state index contributed by atoms with van der Waals surface area (Å²) in [7, 11) is 0. The molecule has 1 aliphatic rings. The van der Waals surface area contributed by atoms with Crippen molar-refractivity contribution in [3.05, 3.63) is 107 Å². The van der Waals surface area contributed by atoms with Crippen LogP contribution in [-0.2, 0) is 0 Å². The Balaban J connectivity index is 1.60. The molecule has 0 saturated heterocycles. The van der Waals surface area contributed by atoms with Crippen LogP contribution in [0.25, 0.3) is 56.2 Å². The lowest BCUT2D eigenvalue weighted by molar-refractivity contribution is 0.639. The lowest BCUT2D eigenvalue weighted by atomic mass is 10.1. The minimum absolute atomic E-state index is 0.185. The van der Waals surface area contributed by atoms with E-state index in [9.17, 15) is 9.65 Å². The van der Waals surface area contributed by atoms with Crippen LogP contribution in [0.4, 0.5) is 4.39 Å². The first-order chi connectivity index (χ1) is 17.3. The first-order valence-corrected chi connectivity index (χ1v) is 11.8. The average molecular weight is 454 g/mol. The minimum Gasteiger partial charge on any atom is -0.309 e. The number of benzene rings is 4. The monoisotopic (exact) mass is 453 g/mol. The molecule has 3 nitrogen and oxygen atoms in total. The summed E-state index contributed by atoms with van der Waals surface area (Å²) in [5.74, 6) is -0.185. The number of halogens is 1. The summed E-state index contributed by atoms with van der Waals surface area (Å²) >= 11 is 0. The van der Waals surface area contributed by atoms with Gasteiger partial charge in [-0.3, -0.25) is 0 Å². The van der Waals surface area contributed by atoms with Gasteiger partial charge in [0, 0.05) is 32.4 Å². The Morgan fingerprint density at radius 3 is 2.40 bits per heavy atom. The molecule has 6 aromatic rings. The molecular formula is C31H20FN3. The molecule has 0 unspecified atom stereocenters. The molecule has 166 valence electrons. The van der Waals surface area contributed by atoms with Gasteiger partial charge in [-0.2, -0.15) is 5.26 Å². The van der Waals surface area contributed by atoms with Gasteiger partial charge in [0.05, 0.1) is 27.8 Å². The van der Waals surface area contributed by atoms with E-state index >= 15 is 0 Å². The van der Waals surface area contributed by atoms with E-state index in [0.29, 0.717) is 10.9 Å². The Labute approximate surface area is 200 Å². The minimum atomic E-state index is -0.185. The summed E-state index contributed by atoms with van der Waals surface area (Å²) in [6, 6.07) is 30.0. The van der Waals surface area contributed by atoms with Crippen LogP contribution < -0.4 is 10.6 Å². The van der Waals surface area contributed by atoms with Gasteiger partial charge in [0.2, 0.25) is 0 Å². The Morgan fingerprint density at radius 1 is 0.714 bits per heavy atom. The van der Waals surface area contributed by atoms with Crippen molar-refractivity contribution in [2.75, 3.05) is 0 Å². The normalized spacial score (nSPS) is 12.9. The lowest BCUT2D eigenvalue weighted by Gasteiger charge is -2.11. The Hall–Kier alpha value is -4.62. The SMILES string of the molecule is N#Cc1ccccc1-n1c2ccccc2c2cc(-n3c4c(c5c(F)cccc53)=CCCC=4)ccc21. The van der Waals surface area contributed by atoms with Gasteiger partial charge in [-0.1, -0.05) is 48.6 Å². The molecule has 4 aromatic carbocycles. The highest BCUT2D eigenvalue weighted by Gasteiger charge is 2.18. The Bertz CT molecular complexity index is 1980. The molecule has 0 aliphatic heterocycles. The second-order valence-electron chi connectivity index (χ2n) is 8.94. The van der Waals surface area contributed by atoms with Crippen molar-refractivity contribution in [1.29, 1.82) is 5.26 Å². The largest absolute Gasteiger partial charge is 0.309 e. The van der Waals surface area contributed by atoms with Crippen LogP contribution in [0.1, 0.15) is 18.4 Å². The fourth-order valence-corrected chi connectivity index (χ4v) is 5.60. The van der Waals surface area contributed by atoms with E-state index in [4.69, 9.17) is 0 Å². The van der Waals surface area contributed by atoms with Crippen molar-refractivity contribution >= 4 is 44.9 Å². The molecule has 0 N–H and O–H groups in total. The number of hydrogen-bond acceptors (Lipinski definition) is 1. The zero-order chi connectivity index (χ0) is 23.5. The van der Waals surface area contributed by atoms with E-state index in [1.165, 1.54) is 0 Å². The molecule has 4 heteroatoms. The maximum atomic E-state index is 15.0. The van der Waals surface area contributed by atoms with Crippen LogP contribution in [0.2, 0.25) is 0 Å². The van der Waals surface area contributed by atoms with E-state index in [1.54, 1.807) is 12.1 Å². The first kappa shape index (κ1) is 19.8. The third-order valence-electron chi connectivity index (χ3n) is 7.05. The highest BCUT2D eigenvalue weighted by Crippen LogP contribution is 2.34. The molecule has 0 bridgehead atoms. The lowest BCUT2D eigenvalue weighted by Crippen LogP contribution is -2.30. The van der Waals surface area contributed by atoms with Crippen LogP contribution in [0.5, 0.6) is 0 Å². The number of para-hydroxylation sites is 2. The summed E-state index contributed by atoms with van der Waals surface area (Å²) < 4.78 is 19.3. The van der Waals surface area contributed by atoms with Gasteiger partial charge in [-0.05, 0) is 61.4 Å². The molecule has 0 spiro atoms. The van der Waals surface area contributed by atoms with Crippen LogP contribution in [-0.4, -0.2) is 9.13 Å². The van der Waals surface area contributed by atoms with Crippen molar-refractivity contribution in [1.82, 2.24) is 9.13 Å². The number of hydrogen-bond donors (Lipinski definition) is 0. The topological polar surface area (TPSA) is 33.6 Å². The van der Waals surface area contributed by atoms with E-state index in [1.807, 2.05) is 42.5 Å². The number of aromatic nitrogens is 2. The molecule has 1 aliphatic carbocycles. The Morgan fingerprint density at radius 2 is 1.49 bits per heavy atom. The maximum absolute atomic E-state index is 15.0. The highest BCUT2D eigenvalue weighted by atomic mass is 19.1.